The van der Waals surface area contributed by atoms with Crippen molar-refractivity contribution in [3.63, 3.8) is 0 Å². The summed E-state index contributed by atoms with van der Waals surface area (Å²) in [4.78, 5) is 113. The first-order valence-electron chi connectivity index (χ1n) is 23.4. The van der Waals surface area contributed by atoms with E-state index in [1.165, 1.54) is 0 Å². The first kappa shape index (κ1) is 56.4. The highest BCUT2D eigenvalue weighted by atomic mass is 16.8. The normalized spacial score (nSPS) is 36.2. The zero-order valence-electron chi connectivity index (χ0n) is 41.7. The molecule has 5 rings (SSSR count). The summed E-state index contributed by atoms with van der Waals surface area (Å²) in [5.74, 6) is -7.86. The monoisotopic (exact) mass is 1010 g/mol. The number of allylic oxidation sites excluding steroid dienone is 2. The molecule has 3 heterocycles. The first-order chi connectivity index (χ1) is 33.2. The van der Waals surface area contributed by atoms with Crippen LogP contribution in [0.1, 0.15) is 101 Å². The second-order valence-corrected chi connectivity index (χ2v) is 18.9. The van der Waals surface area contributed by atoms with E-state index >= 15 is 0 Å². The second-order valence-electron chi connectivity index (χ2n) is 18.9. The van der Waals surface area contributed by atoms with Crippen LogP contribution in [0, 0.1) is 22.7 Å². The minimum Gasteiger partial charge on any atom is -0.463 e. The number of aliphatic hydroxyl groups is 1. The van der Waals surface area contributed by atoms with E-state index in [-0.39, 0.29) is 37.5 Å². The highest BCUT2D eigenvalue weighted by molar-refractivity contribution is 5.91. The van der Waals surface area contributed by atoms with E-state index in [0.717, 1.165) is 61.0 Å². The third kappa shape index (κ3) is 13.7. The lowest BCUT2D eigenvalue weighted by Gasteiger charge is -2.61. The number of rotatable bonds is 17. The molecule has 23 heteroatoms. The summed E-state index contributed by atoms with van der Waals surface area (Å²) in [7, 11) is 0. The van der Waals surface area contributed by atoms with Gasteiger partial charge in [0.1, 0.15) is 38.1 Å². The molecule has 0 unspecified atom stereocenters. The van der Waals surface area contributed by atoms with Crippen LogP contribution >= 0.6 is 0 Å². The number of fused-ring (bicyclic) bond motifs is 1. The third-order valence-electron chi connectivity index (χ3n) is 13.6. The van der Waals surface area contributed by atoms with E-state index in [1.54, 1.807) is 6.08 Å². The molecule has 3 aliphatic heterocycles. The summed E-state index contributed by atoms with van der Waals surface area (Å²) >= 11 is 0. The lowest BCUT2D eigenvalue weighted by atomic mass is 9.46. The molecule has 3 saturated heterocycles. The van der Waals surface area contributed by atoms with Crippen LogP contribution < -0.4 is 0 Å². The van der Waals surface area contributed by atoms with Gasteiger partial charge in [-0.3, -0.25) is 38.4 Å². The number of hydrogen-bond acceptors (Lipinski definition) is 23. The molecular formula is C48H66O23. The molecule has 5 fully saturated rings. The lowest BCUT2D eigenvalue weighted by Crippen LogP contribution is -2.66. The van der Waals surface area contributed by atoms with E-state index in [4.69, 9.17) is 61.6 Å². The molecule has 2 saturated carbocycles. The Morgan fingerprint density at radius 1 is 0.648 bits per heavy atom. The highest BCUT2D eigenvalue weighted by Crippen LogP contribution is 2.63. The van der Waals surface area contributed by atoms with Crippen LogP contribution in [0.15, 0.2) is 23.8 Å². The van der Waals surface area contributed by atoms with Gasteiger partial charge in [-0.15, -0.1) is 0 Å². The maximum absolute atomic E-state index is 12.8. The average molecular weight is 1010 g/mol. The van der Waals surface area contributed by atoms with Gasteiger partial charge in [0.15, 0.2) is 49.2 Å². The number of hydrogen-bond donors (Lipinski definition) is 1. The van der Waals surface area contributed by atoms with Crippen molar-refractivity contribution in [2.45, 2.75) is 175 Å². The van der Waals surface area contributed by atoms with Crippen LogP contribution in [0.4, 0.5) is 0 Å². The van der Waals surface area contributed by atoms with Gasteiger partial charge in [0, 0.05) is 60.8 Å². The number of carbonyl (C=O) groups is 9. The molecule has 396 valence electrons. The third-order valence-corrected chi connectivity index (χ3v) is 13.6. The van der Waals surface area contributed by atoms with Gasteiger partial charge in [-0.2, -0.15) is 0 Å². The molecule has 0 bridgehead atoms. The second kappa shape index (κ2) is 23.8. The summed E-state index contributed by atoms with van der Waals surface area (Å²) in [6, 6.07) is 0. The van der Waals surface area contributed by atoms with Crippen molar-refractivity contribution in [1.29, 1.82) is 0 Å². The maximum Gasteiger partial charge on any atom is 0.336 e. The average Bonchev–Trinajstić information content (AvgIpc) is 3.57. The van der Waals surface area contributed by atoms with E-state index in [0.29, 0.717) is 19.3 Å². The Morgan fingerprint density at radius 3 is 1.55 bits per heavy atom. The van der Waals surface area contributed by atoms with E-state index in [1.807, 2.05) is 6.92 Å². The molecule has 23 nitrogen and oxygen atoms in total. The Morgan fingerprint density at radius 2 is 1.10 bits per heavy atom. The Hall–Kier alpha value is -5.49. The molecule has 5 aliphatic rings. The fraction of sp³-hybridized carbons (Fsp3) is 0.729. The van der Waals surface area contributed by atoms with Gasteiger partial charge >= 0.3 is 53.7 Å². The summed E-state index contributed by atoms with van der Waals surface area (Å²) in [5.41, 5.74) is -0.869. The molecule has 0 aromatic rings. The molecule has 0 aromatic carbocycles. The van der Waals surface area contributed by atoms with Crippen molar-refractivity contribution in [3.8, 4) is 0 Å². The van der Waals surface area contributed by atoms with E-state index in [2.05, 4.69) is 13.5 Å². The fourth-order valence-corrected chi connectivity index (χ4v) is 10.8. The molecule has 71 heavy (non-hydrogen) atoms. The fourth-order valence-electron chi connectivity index (χ4n) is 10.8. The van der Waals surface area contributed by atoms with Crippen molar-refractivity contribution in [1.82, 2.24) is 0 Å². The standard InChI is InChI=1S/C48H66O23/c1-22-12-15-36-47(10,32(22)14-13-31-33(57)18-61-44(31)58)17-16-37(71-46-43(68-30(9)56)41(66-28(7)54)39(64-26(5)52)35(70-46)20-60-24(3)50)48(36,11)21-62-45-42(67-29(8)55)40(65-27(6)53)38(63-25(4)51)34(69-45)19-59-23(2)49/h13,32-43,45-46,57H,1,12,14-21H2,2-11H3/b31-13+/t32-,33-,34-,35-,36+,37-,38-,39-,40+,41+,42-,43-,45-,46+,47+,48+/m1/s1. The highest BCUT2D eigenvalue weighted by Gasteiger charge is 2.62. The largest absolute Gasteiger partial charge is 0.463 e. The predicted octanol–water partition coefficient (Wildman–Crippen LogP) is 2.18. The summed E-state index contributed by atoms with van der Waals surface area (Å²) < 4.78 is 76.0. The summed E-state index contributed by atoms with van der Waals surface area (Å²) in [6.45, 7) is 15.6. The molecule has 16 atom stereocenters. The van der Waals surface area contributed by atoms with Crippen LogP contribution in [0.2, 0.25) is 0 Å². The molecule has 0 amide bonds. The van der Waals surface area contributed by atoms with Gasteiger partial charge in [0.25, 0.3) is 0 Å². The number of esters is 9. The van der Waals surface area contributed by atoms with Crippen molar-refractivity contribution in [2.24, 2.45) is 22.7 Å². The zero-order valence-corrected chi connectivity index (χ0v) is 41.7. The van der Waals surface area contributed by atoms with Gasteiger partial charge in [-0.05, 0) is 49.4 Å². The maximum atomic E-state index is 12.8. The minimum atomic E-state index is -1.61. The Balaban J connectivity index is 1.64. The van der Waals surface area contributed by atoms with Gasteiger partial charge < -0.3 is 66.7 Å². The van der Waals surface area contributed by atoms with Crippen LogP contribution in [0.25, 0.3) is 0 Å². The van der Waals surface area contributed by atoms with Gasteiger partial charge in [-0.25, -0.2) is 4.79 Å². The van der Waals surface area contributed by atoms with Gasteiger partial charge in [0.05, 0.1) is 18.3 Å². The van der Waals surface area contributed by atoms with Crippen molar-refractivity contribution >= 4 is 53.7 Å². The zero-order chi connectivity index (χ0) is 52.7. The molecule has 2 aliphatic carbocycles. The van der Waals surface area contributed by atoms with E-state index in [9.17, 15) is 48.3 Å². The van der Waals surface area contributed by atoms with Crippen molar-refractivity contribution in [3.05, 3.63) is 23.8 Å². The SMILES string of the molecule is C=C1CC[C@@H]2[C@](C)(CO[C@@H]3O[C@H](COC(C)=O)[C@@H](OC(C)=O)[C@H](OC(C)=O)[C@H]3OC(C)=O)[C@H](O[C@@H]3O[C@H](COC(C)=O)[C@@H](OC(C)=O)[C@H](OC(C)=O)[C@H]3OC(C)=O)CC[C@@]2(C)[C@@H]1C/C=C1/C(=O)OC[C@H]1O. The van der Waals surface area contributed by atoms with Gasteiger partial charge in [0.2, 0.25) is 0 Å². The summed E-state index contributed by atoms with van der Waals surface area (Å²) in [6.07, 6.45) is -13.7. The topological polar surface area (TPSA) is 294 Å². The Bertz CT molecular complexity index is 2080. The van der Waals surface area contributed by atoms with Crippen LogP contribution in [-0.4, -0.2) is 159 Å². The Labute approximate surface area is 410 Å². The quantitative estimate of drug-likeness (QED) is 0.0718. The van der Waals surface area contributed by atoms with Crippen LogP contribution in [0.5, 0.6) is 0 Å². The molecule has 0 spiro atoms. The number of ether oxygens (including phenoxy) is 13. The number of cyclic esters (lactones) is 1. The van der Waals surface area contributed by atoms with Crippen LogP contribution in [0.3, 0.4) is 0 Å². The minimum absolute atomic E-state index is 0.124. The first-order valence-corrected chi connectivity index (χ1v) is 23.4. The molecule has 0 aromatic heterocycles. The smallest absolute Gasteiger partial charge is 0.336 e. The number of aliphatic hydroxyl groups excluding tert-OH is 1. The predicted molar refractivity (Wildman–Crippen MR) is 235 cm³/mol. The molecular weight excluding hydrogens is 945 g/mol. The van der Waals surface area contributed by atoms with Gasteiger partial charge in [-0.1, -0.05) is 32.1 Å². The van der Waals surface area contributed by atoms with Crippen molar-refractivity contribution < 1.29 is 110 Å². The Kier molecular flexibility index (Phi) is 18.9. The van der Waals surface area contributed by atoms with Crippen molar-refractivity contribution in [2.75, 3.05) is 26.4 Å². The van der Waals surface area contributed by atoms with E-state index < -0.39 is 157 Å². The molecule has 1 N–H and O–H groups in total. The number of carbonyl (C=O) groups excluding carboxylic acids is 9. The molecule has 0 radical (unpaired) electrons. The summed E-state index contributed by atoms with van der Waals surface area (Å²) in [5, 5.41) is 10.6. The lowest BCUT2D eigenvalue weighted by molar-refractivity contribution is -0.343. The van der Waals surface area contributed by atoms with Crippen LogP contribution in [-0.2, 0) is 105 Å².